The zero-order valence-electron chi connectivity index (χ0n) is 11.1. The van der Waals surface area contributed by atoms with E-state index in [9.17, 15) is 0 Å². The minimum Gasteiger partial charge on any atom is -0.365 e. The van der Waals surface area contributed by atoms with Crippen molar-refractivity contribution in [3.8, 4) is 0 Å². The van der Waals surface area contributed by atoms with Crippen LogP contribution in [0.25, 0.3) is 0 Å². The van der Waals surface area contributed by atoms with Crippen molar-refractivity contribution in [2.24, 2.45) is 17.6 Å². The van der Waals surface area contributed by atoms with Crippen LogP contribution in [0.1, 0.15) is 39.5 Å². The minimum absolute atomic E-state index is 0.404. The second-order valence-corrected chi connectivity index (χ2v) is 5.60. The van der Waals surface area contributed by atoms with Crippen LogP contribution in [0.15, 0.2) is 23.7 Å². The summed E-state index contributed by atoms with van der Waals surface area (Å²) in [6.45, 7) is 9.09. The normalized spacial score (nSPS) is 34.3. The molecule has 2 aliphatic rings. The lowest BCUT2D eigenvalue weighted by Crippen LogP contribution is -2.48. The second kappa shape index (κ2) is 5.13. The van der Waals surface area contributed by atoms with Crippen LogP contribution >= 0.6 is 0 Å². The Morgan fingerprint density at radius 3 is 2.53 bits per heavy atom. The second-order valence-electron chi connectivity index (χ2n) is 5.60. The van der Waals surface area contributed by atoms with Crippen molar-refractivity contribution in [2.45, 2.75) is 45.6 Å². The summed E-state index contributed by atoms with van der Waals surface area (Å²) in [5.41, 5.74) is 8.42. The molecule has 1 fully saturated rings. The molecule has 2 rings (SSSR count). The quantitative estimate of drug-likeness (QED) is 0.687. The first-order valence-electron chi connectivity index (χ1n) is 6.74. The number of hydrogen-bond acceptors (Lipinski definition) is 3. The number of nitrogens with one attached hydrogen (secondary N) is 2. The molecule has 0 aromatic carbocycles. The maximum atomic E-state index is 5.90. The summed E-state index contributed by atoms with van der Waals surface area (Å²) in [4.78, 5) is 0. The predicted molar refractivity (Wildman–Crippen MR) is 72.1 cm³/mol. The average molecular weight is 235 g/mol. The van der Waals surface area contributed by atoms with Crippen molar-refractivity contribution in [3.05, 3.63) is 23.7 Å². The van der Waals surface area contributed by atoms with Crippen LogP contribution in [-0.2, 0) is 0 Å². The molecular formula is C14H25N3. The van der Waals surface area contributed by atoms with Crippen LogP contribution in [0.2, 0.25) is 0 Å². The first-order valence-corrected chi connectivity index (χ1v) is 6.74. The van der Waals surface area contributed by atoms with Gasteiger partial charge in [-0.05, 0) is 37.2 Å². The zero-order chi connectivity index (χ0) is 12.4. The molecule has 1 unspecified atom stereocenters. The number of hydrogen-bond donors (Lipinski definition) is 3. The van der Waals surface area contributed by atoms with Crippen molar-refractivity contribution >= 4 is 0 Å². The molecule has 4 N–H and O–H groups in total. The number of allylic oxidation sites excluding steroid dienone is 1. The number of rotatable bonds is 2. The highest BCUT2D eigenvalue weighted by Crippen LogP contribution is 2.34. The van der Waals surface area contributed by atoms with Crippen LogP contribution in [0, 0.1) is 11.8 Å². The Bertz CT molecular complexity index is 324. The minimum atomic E-state index is 0.404. The van der Waals surface area contributed by atoms with Gasteiger partial charge in [0.2, 0.25) is 0 Å². The Kier molecular flexibility index (Phi) is 3.77. The Hall–Kier alpha value is -0.960. The van der Waals surface area contributed by atoms with Crippen LogP contribution in [0.4, 0.5) is 0 Å². The fourth-order valence-electron chi connectivity index (χ4n) is 3.15. The monoisotopic (exact) mass is 235 g/mol. The molecule has 17 heavy (non-hydrogen) atoms. The molecule has 0 aromatic heterocycles. The van der Waals surface area contributed by atoms with Gasteiger partial charge in [-0.15, -0.1) is 0 Å². The van der Waals surface area contributed by atoms with Gasteiger partial charge in [-0.1, -0.05) is 26.3 Å². The smallest absolute Gasteiger partial charge is 0.0959 e. The summed E-state index contributed by atoms with van der Waals surface area (Å²) in [7, 11) is 0. The van der Waals surface area contributed by atoms with E-state index in [4.69, 9.17) is 5.73 Å². The number of nitrogens with two attached hydrogens (primary N) is 1. The highest BCUT2D eigenvalue weighted by molar-refractivity contribution is 5.28. The van der Waals surface area contributed by atoms with Crippen molar-refractivity contribution < 1.29 is 0 Å². The first-order chi connectivity index (χ1) is 8.11. The van der Waals surface area contributed by atoms with Crippen molar-refractivity contribution in [1.29, 1.82) is 0 Å². The highest BCUT2D eigenvalue weighted by Gasteiger charge is 2.31. The Morgan fingerprint density at radius 2 is 1.94 bits per heavy atom. The molecule has 3 heteroatoms. The maximum Gasteiger partial charge on any atom is 0.0959 e. The van der Waals surface area contributed by atoms with E-state index >= 15 is 0 Å². The summed E-state index contributed by atoms with van der Waals surface area (Å²) in [5.74, 6) is 2.53. The molecule has 0 aromatic rings. The molecule has 96 valence electrons. The highest BCUT2D eigenvalue weighted by atomic mass is 15.1. The largest absolute Gasteiger partial charge is 0.365 e. The molecular weight excluding hydrogens is 210 g/mol. The molecule has 0 radical (unpaired) electrons. The standard InChI is InChI=1S/C14H25N3/c1-9-4-6-12(7-5-9)14-13(8-15)10(2)16-11(3)17-14/h9,12,14,16-17H,3-8,15H2,1-2H3. The Labute approximate surface area is 105 Å². The Morgan fingerprint density at radius 1 is 1.29 bits per heavy atom. The van der Waals surface area contributed by atoms with Gasteiger partial charge in [-0.2, -0.15) is 0 Å². The van der Waals surface area contributed by atoms with Crippen LogP contribution in [0.5, 0.6) is 0 Å². The summed E-state index contributed by atoms with van der Waals surface area (Å²) >= 11 is 0. The SMILES string of the molecule is C=C1NC(C)=C(CN)C(C2CCC(C)CC2)N1. The van der Waals surface area contributed by atoms with Crippen molar-refractivity contribution in [2.75, 3.05) is 6.54 Å². The van der Waals surface area contributed by atoms with Gasteiger partial charge in [0.15, 0.2) is 0 Å². The van der Waals surface area contributed by atoms with Crippen LogP contribution in [0.3, 0.4) is 0 Å². The van der Waals surface area contributed by atoms with Gasteiger partial charge in [0.05, 0.1) is 11.9 Å². The third kappa shape index (κ3) is 2.65. The molecule has 1 heterocycles. The molecule has 0 saturated heterocycles. The van der Waals surface area contributed by atoms with Gasteiger partial charge < -0.3 is 16.4 Å². The van der Waals surface area contributed by atoms with Gasteiger partial charge in [-0.25, -0.2) is 0 Å². The molecule has 0 amide bonds. The van der Waals surface area contributed by atoms with E-state index in [0.29, 0.717) is 12.6 Å². The van der Waals surface area contributed by atoms with E-state index in [1.165, 1.54) is 37.0 Å². The third-order valence-electron chi connectivity index (χ3n) is 4.28. The first kappa shape index (κ1) is 12.5. The van der Waals surface area contributed by atoms with Crippen molar-refractivity contribution in [1.82, 2.24) is 10.6 Å². The fourth-order valence-corrected chi connectivity index (χ4v) is 3.15. The summed E-state index contributed by atoms with van der Waals surface area (Å²) < 4.78 is 0. The van der Waals surface area contributed by atoms with E-state index in [-0.39, 0.29) is 0 Å². The summed E-state index contributed by atoms with van der Waals surface area (Å²) in [6, 6.07) is 0.404. The summed E-state index contributed by atoms with van der Waals surface area (Å²) in [6.07, 6.45) is 5.31. The van der Waals surface area contributed by atoms with E-state index in [0.717, 1.165) is 17.7 Å². The van der Waals surface area contributed by atoms with Gasteiger partial charge in [-0.3, -0.25) is 0 Å². The average Bonchev–Trinajstić information content (AvgIpc) is 2.29. The van der Waals surface area contributed by atoms with Gasteiger partial charge in [0, 0.05) is 12.2 Å². The van der Waals surface area contributed by atoms with Gasteiger partial charge in [0.25, 0.3) is 0 Å². The van der Waals surface area contributed by atoms with Crippen molar-refractivity contribution in [3.63, 3.8) is 0 Å². The molecule has 0 spiro atoms. The third-order valence-corrected chi connectivity index (χ3v) is 4.28. The topological polar surface area (TPSA) is 50.1 Å². The molecule has 1 atom stereocenters. The van der Waals surface area contributed by atoms with Crippen LogP contribution in [-0.4, -0.2) is 12.6 Å². The van der Waals surface area contributed by atoms with Gasteiger partial charge >= 0.3 is 0 Å². The van der Waals surface area contributed by atoms with Crippen LogP contribution < -0.4 is 16.4 Å². The van der Waals surface area contributed by atoms with E-state index < -0.39 is 0 Å². The molecule has 0 bridgehead atoms. The predicted octanol–water partition coefficient (Wildman–Crippen LogP) is 2.08. The zero-order valence-corrected chi connectivity index (χ0v) is 11.1. The maximum absolute atomic E-state index is 5.90. The lowest BCUT2D eigenvalue weighted by atomic mass is 9.76. The van der Waals surface area contributed by atoms with E-state index in [2.05, 4.69) is 31.1 Å². The fraction of sp³-hybridized carbons (Fsp3) is 0.714. The lowest BCUT2D eigenvalue weighted by Gasteiger charge is -2.39. The van der Waals surface area contributed by atoms with E-state index in [1.54, 1.807) is 0 Å². The summed E-state index contributed by atoms with van der Waals surface area (Å²) in [5, 5.41) is 6.74. The molecule has 1 saturated carbocycles. The lowest BCUT2D eigenvalue weighted by molar-refractivity contribution is 0.247. The van der Waals surface area contributed by atoms with Gasteiger partial charge in [0.1, 0.15) is 0 Å². The molecule has 1 aliphatic carbocycles. The molecule has 1 aliphatic heterocycles. The molecule has 3 nitrogen and oxygen atoms in total. The Balaban J connectivity index is 2.12. The van der Waals surface area contributed by atoms with E-state index in [1.807, 2.05) is 0 Å².